The Morgan fingerprint density at radius 3 is 2.50 bits per heavy atom. The van der Waals surface area contributed by atoms with E-state index in [9.17, 15) is 8.78 Å². The van der Waals surface area contributed by atoms with Crippen LogP contribution < -0.4 is 0 Å². The number of hydrogen-bond acceptors (Lipinski definition) is 1. The van der Waals surface area contributed by atoms with E-state index in [4.69, 9.17) is 5.11 Å². The Bertz CT molecular complexity index is 154. The second kappa shape index (κ2) is 1.70. The molecular formula is C7H10F2O. The molecule has 1 N–H and O–H groups in total. The molecule has 1 nitrogen and oxygen atoms in total. The first-order valence-electron chi connectivity index (χ1n) is 3.65. The molecule has 0 amide bonds. The number of halogens is 2. The van der Waals surface area contributed by atoms with Gasteiger partial charge < -0.3 is 5.11 Å². The van der Waals surface area contributed by atoms with Crippen LogP contribution in [-0.2, 0) is 0 Å². The normalized spacial score (nSPS) is 48.9. The molecule has 2 aliphatic carbocycles. The highest BCUT2D eigenvalue weighted by Crippen LogP contribution is 2.63. The molecule has 2 rings (SSSR count). The fourth-order valence-electron chi connectivity index (χ4n) is 2.24. The van der Waals surface area contributed by atoms with Crippen LogP contribution in [0.2, 0.25) is 0 Å². The first kappa shape index (κ1) is 6.53. The Morgan fingerprint density at radius 2 is 2.20 bits per heavy atom. The minimum atomic E-state index is -2.46. The minimum absolute atomic E-state index is 0.0405. The summed E-state index contributed by atoms with van der Waals surface area (Å²) < 4.78 is 25.4. The van der Waals surface area contributed by atoms with Crippen LogP contribution >= 0.6 is 0 Å². The fourth-order valence-corrected chi connectivity index (χ4v) is 2.24. The molecule has 3 heteroatoms. The van der Waals surface area contributed by atoms with Crippen molar-refractivity contribution in [3.05, 3.63) is 0 Å². The molecular weight excluding hydrogens is 138 g/mol. The number of fused-ring (bicyclic) bond motifs is 1. The highest BCUT2D eigenvalue weighted by molar-refractivity contribution is 5.09. The zero-order valence-electron chi connectivity index (χ0n) is 5.56. The van der Waals surface area contributed by atoms with Crippen LogP contribution in [0.3, 0.4) is 0 Å². The lowest BCUT2D eigenvalue weighted by Gasteiger charge is -2.11. The summed E-state index contributed by atoms with van der Waals surface area (Å²) in [6.07, 6.45) is 0.654. The summed E-state index contributed by atoms with van der Waals surface area (Å²) in [5.74, 6) is -2.88. The van der Waals surface area contributed by atoms with Crippen molar-refractivity contribution in [2.24, 2.45) is 17.8 Å². The van der Waals surface area contributed by atoms with Gasteiger partial charge in [-0.25, -0.2) is 8.78 Å². The van der Waals surface area contributed by atoms with E-state index < -0.39 is 11.8 Å². The largest absolute Gasteiger partial charge is 0.396 e. The Kier molecular flexibility index (Phi) is 1.11. The summed E-state index contributed by atoms with van der Waals surface area (Å²) in [7, 11) is 0. The summed E-state index contributed by atoms with van der Waals surface area (Å²) in [5.41, 5.74) is 0. The standard InChI is InChI=1S/C7H10F2O/c8-7(9)2-1-4-5(3-10)6(4)7/h4-6,10H,1-3H2/t4-,5-,6-/m0/s1. The summed E-state index contributed by atoms with van der Waals surface area (Å²) in [5, 5.41) is 8.61. The van der Waals surface area contributed by atoms with E-state index in [-0.39, 0.29) is 24.9 Å². The van der Waals surface area contributed by atoms with Crippen molar-refractivity contribution < 1.29 is 13.9 Å². The molecule has 0 aliphatic heterocycles. The molecule has 2 fully saturated rings. The molecule has 0 unspecified atom stereocenters. The SMILES string of the molecule is OC[C@H]1[C@@H]2CCC(F)(F)[C@H]12. The van der Waals surface area contributed by atoms with Crippen molar-refractivity contribution in [3.63, 3.8) is 0 Å². The molecule has 0 radical (unpaired) electrons. The van der Waals surface area contributed by atoms with Crippen molar-refractivity contribution in [2.75, 3.05) is 6.61 Å². The predicted octanol–water partition coefficient (Wildman–Crippen LogP) is 1.27. The number of rotatable bonds is 1. The van der Waals surface area contributed by atoms with Crippen molar-refractivity contribution in [2.45, 2.75) is 18.8 Å². The van der Waals surface area contributed by atoms with E-state index in [0.717, 1.165) is 0 Å². The number of aliphatic hydroxyl groups excluding tert-OH is 1. The zero-order chi connectivity index (χ0) is 7.35. The van der Waals surface area contributed by atoms with Gasteiger partial charge in [-0.05, 0) is 18.3 Å². The van der Waals surface area contributed by atoms with Gasteiger partial charge in [0.2, 0.25) is 0 Å². The van der Waals surface area contributed by atoms with E-state index >= 15 is 0 Å². The summed E-state index contributed by atoms with van der Waals surface area (Å²) >= 11 is 0. The van der Waals surface area contributed by atoms with Crippen LogP contribution in [0.5, 0.6) is 0 Å². The lowest BCUT2D eigenvalue weighted by atomic mass is 10.1. The first-order valence-corrected chi connectivity index (χ1v) is 3.65. The third-order valence-corrected chi connectivity index (χ3v) is 2.84. The van der Waals surface area contributed by atoms with Crippen molar-refractivity contribution >= 4 is 0 Å². The van der Waals surface area contributed by atoms with Gasteiger partial charge in [-0.15, -0.1) is 0 Å². The topological polar surface area (TPSA) is 20.2 Å². The molecule has 58 valence electrons. The van der Waals surface area contributed by atoms with Gasteiger partial charge in [0.05, 0.1) is 0 Å². The molecule has 2 aliphatic rings. The maximum atomic E-state index is 12.7. The van der Waals surface area contributed by atoms with Crippen molar-refractivity contribution in [3.8, 4) is 0 Å². The second-order valence-corrected chi connectivity index (χ2v) is 3.34. The van der Waals surface area contributed by atoms with Gasteiger partial charge in [0, 0.05) is 18.9 Å². The zero-order valence-corrected chi connectivity index (χ0v) is 5.56. The first-order chi connectivity index (χ1) is 4.67. The van der Waals surface area contributed by atoms with E-state index in [1.807, 2.05) is 0 Å². The minimum Gasteiger partial charge on any atom is -0.396 e. The smallest absolute Gasteiger partial charge is 0.251 e. The second-order valence-electron chi connectivity index (χ2n) is 3.34. The maximum Gasteiger partial charge on any atom is 0.251 e. The van der Waals surface area contributed by atoms with Crippen LogP contribution in [0.1, 0.15) is 12.8 Å². The van der Waals surface area contributed by atoms with Crippen molar-refractivity contribution in [1.29, 1.82) is 0 Å². The highest BCUT2D eigenvalue weighted by atomic mass is 19.3. The molecule has 0 bridgehead atoms. The molecule has 0 aromatic carbocycles. The Hall–Kier alpha value is -0.180. The van der Waals surface area contributed by atoms with E-state index in [2.05, 4.69) is 0 Å². The Labute approximate surface area is 58.0 Å². The van der Waals surface area contributed by atoms with E-state index in [1.54, 1.807) is 0 Å². The lowest BCUT2D eigenvalue weighted by Crippen LogP contribution is -2.17. The number of aliphatic hydroxyl groups is 1. The van der Waals surface area contributed by atoms with Gasteiger partial charge in [0.1, 0.15) is 0 Å². The van der Waals surface area contributed by atoms with E-state index in [0.29, 0.717) is 6.42 Å². The molecule has 10 heavy (non-hydrogen) atoms. The molecule has 0 spiro atoms. The Morgan fingerprint density at radius 1 is 1.50 bits per heavy atom. The van der Waals surface area contributed by atoms with Crippen LogP contribution in [0, 0.1) is 17.8 Å². The van der Waals surface area contributed by atoms with Gasteiger partial charge in [0.25, 0.3) is 5.92 Å². The number of alkyl halides is 2. The number of hydrogen-bond donors (Lipinski definition) is 1. The summed E-state index contributed by atoms with van der Waals surface area (Å²) in [6, 6.07) is 0. The van der Waals surface area contributed by atoms with Gasteiger partial charge in [0.15, 0.2) is 0 Å². The van der Waals surface area contributed by atoms with Gasteiger partial charge in [-0.2, -0.15) is 0 Å². The summed E-state index contributed by atoms with van der Waals surface area (Å²) in [4.78, 5) is 0. The Balaban J connectivity index is 2.07. The quantitative estimate of drug-likeness (QED) is 0.593. The average Bonchev–Trinajstić information content (AvgIpc) is 2.50. The third-order valence-electron chi connectivity index (χ3n) is 2.84. The monoisotopic (exact) mass is 148 g/mol. The van der Waals surface area contributed by atoms with Crippen LogP contribution in [0.4, 0.5) is 8.78 Å². The lowest BCUT2D eigenvalue weighted by molar-refractivity contribution is -0.0246. The molecule has 0 aromatic heterocycles. The molecule has 3 atom stereocenters. The van der Waals surface area contributed by atoms with Crippen LogP contribution in [0.25, 0.3) is 0 Å². The van der Waals surface area contributed by atoms with Crippen LogP contribution in [0.15, 0.2) is 0 Å². The molecule has 0 aromatic rings. The van der Waals surface area contributed by atoms with Gasteiger partial charge >= 0.3 is 0 Å². The van der Waals surface area contributed by atoms with E-state index in [1.165, 1.54) is 0 Å². The van der Waals surface area contributed by atoms with Crippen LogP contribution in [-0.4, -0.2) is 17.6 Å². The fraction of sp³-hybridized carbons (Fsp3) is 1.00. The maximum absolute atomic E-state index is 12.7. The third kappa shape index (κ3) is 0.641. The average molecular weight is 148 g/mol. The molecule has 0 heterocycles. The molecule has 0 saturated heterocycles. The van der Waals surface area contributed by atoms with Crippen molar-refractivity contribution in [1.82, 2.24) is 0 Å². The molecule has 2 saturated carbocycles. The predicted molar refractivity (Wildman–Crippen MR) is 31.7 cm³/mol. The van der Waals surface area contributed by atoms with Gasteiger partial charge in [-0.3, -0.25) is 0 Å². The summed E-state index contributed by atoms with van der Waals surface area (Å²) in [6.45, 7) is -0.0507. The highest BCUT2D eigenvalue weighted by Gasteiger charge is 2.66. The van der Waals surface area contributed by atoms with Gasteiger partial charge in [-0.1, -0.05) is 0 Å².